The van der Waals surface area contributed by atoms with Crippen LogP contribution in [-0.4, -0.2) is 13.0 Å². The van der Waals surface area contributed by atoms with Crippen LogP contribution in [0.2, 0.25) is 0 Å². The van der Waals surface area contributed by atoms with E-state index in [9.17, 15) is 9.18 Å². The molecule has 0 heterocycles. The number of benzene rings is 2. The van der Waals surface area contributed by atoms with Crippen LogP contribution in [-0.2, 0) is 0 Å². The lowest BCUT2D eigenvalue weighted by molar-refractivity contribution is 0.102. The first-order chi connectivity index (χ1) is 9.51. The first kappa shape index (κ1) is 14.5. The number of aryl methyl sites for hydroxylation is 1. The molecule has 0 aliphatic heterocycles. The molecule has 0 aliphatic rings. The molecular weight excluding hydrogens is 325 g/mol. The number of halogens is 2. The molecule has 2 aromatic carbocycles. The number of hydrogen-bond donors (Lipinski definition) is 1. The van der Waals surface area contributed by atoms with E-state index in [0.29, 0.717) is 15.8 Å². The summed E-state index contributed by atoms with van der Waals surface area (Å²) in [5.41, 5.74) is 1.40. The van der Waals surface area contributed by atoms with Crippen molar-refractivity contribution >= 4 is 27.5 Å². The van der Waals surface area contributed by atoms with Gasteiger partial charge in [0.15, 0.2) is 0 Å². The van der Waals surface area contributed by atoms with Crippen LogP contribution in [0.1, 0.15) is 15.9 Å². The molecule has 0 saturated carbocycles. The Kier molecular flexibility index (Phi) is 4.39. The van der Waals surface area contributed by atoms with Gasteiger partial charge in [0.1, 0.15) is 11.6 Å². The third-order valence-electron chi connectivity index (χ3n) is 2.79. The largest absolute Gasteiger partial charge is 0.497 e. The topological polar surface area (TPSA) is 38.3 Å². The highest BCUT2D eigenvalue weighted by molar-refractivity contribution is 9.10. The molecule has 5 heteroatoms. The minimum absolute atomic E-state index is 0.157. The molecule has 0 fully saturated rings. The Balaban J connectivity index is 2.30. The van der Waals surface area contributed by atoms with Crippen LogP contribution in [0.4, 0.5) is 10.1 Å². The van der Waals surface area contributed by atoms with Crippen molar-refractivity contribution in [2.24, 2.45) is 0 Å². The number of rotatable bonds is 3. The van der Waals surface area contributed by atoms with Crippen molar-refractivity contribution in [3.63, 3.8) is 0 Å². The maximum absolute atomic E-state index is 13.6. The molecule has 0 bridgehead atoms. The number of nitrogens with one attached hydrogen (secondary N) is 1. The van der Waals surface area contributed by atoms with E-state index in [2.05, 4.69) is 21.2 Å². The van der Waals surface area contributed by atoms with Gasteiger partial charge in [0.2, 0.25) is 0 Å². The molecule has 0 aromatic heterocycles. The summed E-state index contributed by atoms with van der Waals surface area (Å²) >= 11 is 3.30. The fraction of sp³-hybridized carbons (Fsp3) is 0.133. The molecule has 104 valence electrons. The maximum atomic E-state index is 13.6. The fourth-order valence-electron chi connectivity index (χ4n) is 1.73. The van der Waals surface area contributed by atoms with Crippen LogP contribution in [0.25, 0.3) is 0 Å². The molecule has 0 aliphatic carbocycles. The second-order valence-corrected chi connectivity index (χ2v) is 5.14. The lowest BCUT2D eigenvalue weighted by atomic mass is 10.1. The van der Waals surface area contributed by atoms with Crippen LogP contribution < -0.4 is 10.1 Å². The summed E-state index contributed by atoms with van der Waals surface area (Å²) < 4.78 is 19.3. The van der Waals surface area contributed by atoms with Gasteiger partial charge in [-0.1, -0.05) is 6.07 Å². The van der Waals surface area contributed by atoms with E-state index < -0.39 is 11.7 Å². The highest BCUT2D eigenvalue weighted by atomic mass is 79.9. The van der Waals surface area contributed by atoms with Crippen molar-refractivity contribution in [3.8, 4) is 5.75 Å². The summed E-state index contributed by atoms with van der Waals surface area (Å²) in [5.74, 6) is -0.314. The average molecular weight is 338 g/mol. The number of carbonyl (C=O) groups is 1. The van der Waals surface area contributed by atoms with Crippen molar-refractivity contribution in [2.45, 2.75) is 6.92 Å². The van der Waals surface area contributed by atoms with E-state index in [4.69, 9.17) is 4.74 Å². The quantitative estimate of drug-likeness (QED) is 0.913. The molecule has 0 unspecified atom stereocenters. The Morgan fingerprint density at radius 3 is 2.70 bits per heavy atom. The molecule has 2 aromatic rings. The zero-order valence-electron chi connectivity index (χ0n) is 11.0. The number of carbonyl (C=O) groups excluding carboxylic acids is 1. The third-order valence-corrected chi connectivity index (χ3v) is 3.48. The Morgan fingerprint density at radius 2 is 2.00 bits per heavy atom. The van der Waals surface area contributed by atoms with Gasteiger partial charge in [-0.15, -0.1) is 0 Å². The zero-order valence-corrected chi connectivity index (χ0v) is 12.6. The van der Waals surface area contributed by atoms with E-state index in [-0.39, 0.29) is 5.69 Å². The monoisotopic (exact) mass is 337 g/mol. The van der Waals surface area contributed by atoms with Gasteiger partial charge >= 0.3 is 0 Å². The van der Waals surface area contributed by atoms with E-state index in [1.54, 1.807) is 30.3 Å². The van der Waals surface area contributed by atoms with Crippen molar-refractivity contribution in [1.82, 2.24) is 0 Å². The Labute approximate surface area is 124 Å². The molecule has 0 radical (unpaired) electrons. The van der Waals surface area contributed by atoms with Crippen LogP contribution in [0.3, 0.4) is 0 Å². The Bertz CT molecular complexity index is 658. The highest BCUT2D eigenvalue weighted by Crippen LogP contribution is 2.24. The van der Waals surface area contributed by atoms with Gasteiger partial charge in [-0.3, -0.25) is 4.79 Å². The van der Waals surface area contributed by atoms with Crippen LogP contribution in [0.15, 0.2) is 40.9 Å². The lowest BCUT2D eigenvalue weighted by Gasteiger charge is -2.10. The van der Waals surface area contributed by atoms with E-state index in [0.717, 1.165) is 5.56 Å². The maximum Gasteiger partial charge on any atom is 0.257 e. The number of hydrogen-bond acceptors (Lipinski definition) is 2. The standard InChI is InChI=1S/C15H13BrFNO2/c1-9-3-6-13(17)14(7-9)18-15(19)11-8-10(20-2)4-5-12(11)16/h3-8H,1-2H3,(H,18,19). The number of ether oxygens (including phenoxy) is 1. The van der Waals surface area contributed by atoms with Gasteiger partial charge in [0, 0.05) is 4.47 Å². The van der Waals surface area contributed by atoms with Crippen LogP contribution in [0, 0.1) is 12.7 Å². The average Bonchev–Trinajstić information content (AvgIpc) is 2.43. The summed E-state index contributed by atoms with van der Waals surface area (Å²) in [6.45, 7) is 1.83. The summed E-state index contributed by atoms with van der Waals surface area (Å²) in [5, 5.41) is 2.56. The predicted octanol–water partition coefficient (Wildman–Crippen LogP) is 4.16. The molecule has 1 N–H and O–H groups in total. The van der Waals surface area contributed by atoms with Crippen LogP contribution >= 0.6 is 15.9 Å². The van der Waals surface area contributed by atoms with Crippen LogP contribution in [0.5, 0.6) is 5.75 Å². The molecule has 3 nitrogen and oxygen atoms in total. The van der Waals surface area contributed by atoms with E-state index in [1.807, 2.05) is 6.92 Å². The minimum atomic E-state index is -0.469. The first-order valence-electron chi connectivity index (χ1n) is 5.92. The molecule has 0 saturated heterocycles. The van der Waals surface area contributed by atoms with Gasteiger partial charge < -0.3 is 10.1 Å². The summed E-state index contributed by atoms with van der Waals surface area (Å²) in [4.78, 5) is 12.2. The second-order valence-electron chi connectivity index (χ2n) is 4.28. The fourth-order valence-corrected chi connectivity index (χ4v) is 2.16. The Hall–Kier alpha value is -1.88. The SMILES string of the molecule is COc1ccc(Br)c(C(=O)Nc2cc(C)ccc2F)c1. The van der Waals surface area contributed by atoms with Crippen molar-refractivity contribution < 1.29 is 13.9 Å². The summed E-state index contributed by atoms with van der Waals surface area (Å²) in [7, 11) is 1.52. The summed E-state index contributed by atoms with van der Waals surface area (Å²) in [6, 6.07) is 9.58. The highest BCUT2D eigenvalue weighted by Gasteiger charge is 2.13. The number of methoxy groups -OCH3 is 1. The predicted molar refractivity (Wildman–Crippen MR) is 79.8 cm³/mol. The molecule has 20 heavy (non-hydrogen) atoms. The van der Waals surface area contributed by atoms with Crippen molar-refractivity contribution in [3.05, 3.63) is 57.8 Å². The van der Waals surface area contributed by atoms with Gasteiger partial charge in [-0.2, -0.15) is 0 Å². The molecule has 0 spiro atoms. The van der Waals surface area contributed by atoms with E-state index in [1.165, 1.54) is 13.2 Å². The van der Waals surface area contributed by atoms with Gasteiger partial charge in [0.25, 0.3) is 5.91 Å². The minimum Gasteiger partial charge on any atom is -0.497 e. The van der Waals surface area contributed by atoms with Gasteiger partial charge in [-0.25, -0.2) is 4.39 Å². The van der Waals surface area contributed by atoms with E-state index >= 15 is 0 Å². The van der Waals surface area contributed by atoms with Crippen molar-refractivity contribution in [2.75, 3.05) is 12.4 Å². The molecular formula is C15H13BrFNO2. The lowest BCUT2D eigenvalue weighted by Crippen LogP contribution is -2.14. The first-order valence-corrected chi connectivity index (χ1v) is 6.71. The normalized spacial score (nSPS) is 10.2. The number of amides is 1. The van der Waals surface area contributed by atoms with Crippen molar-refractivity contribution in [1.29, 1.82) is 0 Å². The summed E-state index contributed by atoms with van der Waals surface area (Å²) in [6.07, 6.45) is 0. The second kappa shape index (κ2) is 6.05. The number of anilines is 1. The van der Waals surface area contributed by atoms with Gasteiger partial charge in [0.05, 0.1) is 18.4 Å². The third kappa shape index (κ3) is 3.17. The molecule has 2 rings (SSSR count). The Morgan fingerprint density at radius 1 is 1.25 bits per heavy atom. The molecule has 1 amide bonds. The van der Waals surface area contributed by atoms with Gasteiger partial charge in [-0.05, 0) is 58.7 Å². The zero-order chi connectivity index (χ0) is 14.7. The smallest absolute Gasteiger partial charge is 0.257 e. The molecule has 0 atom stereocenters.